The van der Waals surface area contributed by atoms with Gasteiger partial charge in [0.2, 0.25) is 0 Å². The van der Waals surface area contributed by atoms with Crippen molar-refractivity contribution >= 4 is 102 Å². The Morgan fingerprint density at radius 3 is 1.76 bits per heavy atom. The van der Waals surface area contributed by atoms with Gasteiger partial charge in [0.1, 0.15) is 0 Å². The van der Waals surface area contributed by atoms with Crippen molar-refractivity contribution in [1.29, 1.82) is 0 Å². The van der Waals surface area contributed by atoms with Crippen LogP contribution in [0.3, 0.4) is 0 Å². The number of hydrogen-bond donors (Lipinski definition) is 0. The molecule has 2 aromatic heterocycles. The van der Waals surface area contributed by atoms with Gasteiger partial charge in [-0.1, -0.05) is 72.3 Å². The first kappa shape index (κ1) is 22.1. The highest BCUT2D eigenvalue weighted by atomic mass is 35.5. The van der Waals surface area contributed by atoms with Crippen LogP contribution in [0.5, 0.6) is 0 Å². The fourth-order valence-electron chi connectivity index (χ4n) is 5.56. The van der Waals surface area contributed by atoms with Gasteiger partial charge in [0.15, 0.2) is 0 Å². The van der Waals surface area contributed by atoms with Crippen LogP contribution >= 0.6 is 34.3 Å². The third kappa shape index (κ3) is 3.36. The number of halogens is 1. The van der Waals surface area contributed by atoms with Gasteiger partial charge in [-0.15, -0.1) is 22.7 Å². The van der Waals surface area contributed by atoms with Crippen molar-refractivity contribution in [2.75, 3.05) is 4.90 Å². The maximum Gasteiger partial charge on any atom is 0.0491 e. The monoisotopic (exact) mass is 541 g/mol. The Bertz CT molecular complexity index is 2160. The number of anilines is 3. The fourth-order valence-corrected chi connectivity index (χ4v) is 8.12. The molecule has 0 unspecified atom stereocenters. The van der Waals surface area contributed by atoms with Gasteiger partial charge in [0.05, 0.1) is 0 Å². The molecule has 0 atom stereocenters. The van der Waals surface area contributed by atoms with Crippen LogP contribution in [0, 0.1) is 0 Å². The second-order valence-electron chi connectivity index (χ2n) is 9.51. The van der Waals surface area contributed by atoms with Gasteiger partial charge in [-0.3, -0.25) is 0 Å². The van der Waals surface area contributed by atoms with E-state index in [2.05, 4.69) is 126 Å². The highest BCUT2D eigenvalue weighted by Gasteiger charge is 2.17. The van der Waals surface area contributed by atoms with Crippen molar-refractivity contribution in [2.24, 2.45) is 0 Å². The standard InChI is InChI=1S/C34H20ClNS2/c35-30-20-29-28-19-23(15-17-33(28)38-34(29)26-12-5-4-10-24(26)30)36(21-8-2-1-3-9-21)22-14-16-32-27(18-22)25-11-6-7-13-31(25)37-32/h1-20H. The number of hydrogen-bond acceptors (Lipinski definition) is 3. The first-order valence-electron chi connectivity index (χ1n) is 12.5. The summed E-state index contributed by atoms with van der Waals surface area (Å²) in [6.07, 6.45) is 0. The SMILES string of the molecule is Clc1cc2c3cc(N(c4ccccc4)c4ccc5sc6ccccc6c5c4)ccc3sc2c2ccccc12. The Hall–Kier alpha value is -3.89. The fraction of sp³-hybridized carbons (Fsp3) is 0. The summed E-state index contributed by atoms with van der Waals surface area (Å²) >= 11 is 10.5. The number of para-hydroxylation sites is 1. The molecule has 0 radical (unpaired) electrons. The van der Waals surface area contributed by atoms with Crippen molar-refractivity contribution in [3.8, 4) is 0 Å². The molecule has 4 heteroatoms. The molecule has 6 aromatic carbocycles. The highest BCUT2D eigenvalue weighted by molar-refractivity contribution is 7.26. The summed E-state index contributed by atoms with van der Waals surface area (Å²) in [4.78, 5) is 2.36. The normalized spacial score (nSPS) is 11.8. The highest BCUT2D eigenvalue weighted by Crippen LogP contribution is 2.45. The minimum Gasteiger partial charge on any atom is -0.310 e. The van der Waals surface area contributed by atoms with Gasteiger partial charge in [-0.05, 0) is 60.7 Å². The summed E-state index contributed by atoms with van der Waals surface area (Å²) in [6, 6.07) is 43.5. The van der Waals surface area contributed by atoms with E-state index in [0.29, 0.717) is 0 Å². The number of benzene rings is 6. The molecule has 0 saturated heterocycles. The van der Waals surface area contributed by atoms with Crippen LogP contribution in [-0.2, 0) is 0 Å². The van der Waals surface area contributed by atoms with Crippen molar-refractivity contribution < 1.29 is 0 Å². The number of nitrogens with zero attached hydrogens (tertiary/aromatic N) is 1. The number of rotatable bonds is 3. The summed E-state index contributed by atoms with van der Waals surface area (Å²) in [5.41, 5.74) is 3.41. The quantitative estimate of drug-likeness (QED) is 0.215. The third-order valence-electron chi connectivity index (χ3n) is 7.30. The minimum atomic E-state index is 0.799. The zero-order chi connectivity index (χ0) is 25.2. The molecule has 0 aliphatic heterocycles. The summed E-state index contributed by atoms with van der Waals surface area (Å²) in [5, 5.41) is 8.17. The number of thiophene rings is 2. The molecule has 180 valence electrons. The maximum absolute atomic E-state index is 6.78. The zero-order valence-corrected chi connectivity index (χ0v) is 22.6. The van der Waals surface area contributed by atoms with E-state index in [1.165, 1.54) is 45.7 Å². The third-order valence-corrected chi connectivity index (χ3v) is 9.99. The average molecular weight is 542 g/mol. The number of fused-ring (bicyclic) bond motifs is 8. The lowest BCUT2D eigenvalue weighted by Crippen LogP contribution is -2.09. The van der Waals surface area contributed by atoms with Gasteiger partial charge in [-0.25, -0.2) is 0 Å². The van der Waals surface area contributed by atoms with Crippen LogP contribution in [0.4, 0.5) is 17.1 Å². The molecule has 0 bridgehead atoms. The molecule has 8 aromatic rings. The van der Waals surface area contributed by atoms with Gasteiger partial charge in [-0.2, -0.15) is 0 Å². The Kier molecular flexibility index (Phi) is 4.99. The molecular weight excluding hydrogens is 522 g/mol. The van der Waals surface area contributed by atoms with Crippen molar-refractivity contribution in [2.45, 2.75) is 0 Å². The lowest BCUT2D eigenvalue weighted by molar-refractivity contribution is 1.30. The van der Waals surface area contributed by atoms with Crippen LogP contribution in [-0.4, -0.2) is 0 Å². The molecule has 38 heavy (non-hydrogen) atoms. The van der Waals surface area contributed by atoms with Gasteiger partial charge >= 0.3 is 0 Å². The Balaban J connectivity index is 1.38. The Morgan fingerprint density at radius 2 is 1.00 bits per heavy atom. The van der Waals surface area contributed by atoms with Crippen LogP contribution in [0.25, 0.3) is 51.1 Å². The van der Waals surface area contributed by atoms with Crippen molar-refractivity contribution in [3.63, 3.8) is 0 Å². The topological polar surface area (TPSA) is 3.24 Å². The summed E-state index contributed by atoms with van der Waals surface area (Å²) in [7, 11) is 0. The van der Waals surface area contributed by atoms with Crippen molar-refractivity contribution in [3.05, 3.63) is 126 Å². The molecule has 0 N–H and O–H groups in total. The van der Waals surface area contributed by atoms with E-state index in [0.717, 1.165) is 27.5 Å². The Labute approximate surface area is 232 Å². The Morgan fingerprint density at radius 1 is 0.421 bits per heavy atom. The molecular formula is C34H20ClNS2. The van der Waals surface area contributed by atoms with E-state index in [9.17, 15) is 0 Å². The molecule has 0 saturated carbocycles. The van der Waals surface area contributed by atoms with E-state index in [4.69, 9.17) is 11.6 Å². The van der Waals surface area contributed by atoms with Crippen molar-refractivity contribution in [1.82, 2.24) is 0 Å². The minimum absolute atomic E-state index is 0.799. The van der Waals surface area contributed by atoms with Crippen LogP contribution in [0.2, 0.25) is 5.02 Å². The van der Waals surface area contributed by atoms with Gasteiger partial charge < -0.3 is 4.90 Å². The molecule has 0 aliphatic carbocycles. The summed E-state index contributed by atoms with van der Waals surface area (Å²) in [6.45, 7) is 0. The van der Waals surface area contributed by atoms with E-state index in [-0.39, 0.29) is 0 Å². The van der Waals surface area contributed by atoms with E-state index < -0.39 is 0 Å². The van der Waals surface area contributed by atoms with Gasteiger partial charge in [0.25, 0.3) is 0 Å². The predicted molar refractivity (Wildman–Crippen MR) is 169 cm³/mol. The molecule has 0 fully saturated rings. The zero-order valence-electron chi connectivity index (χ0n) is 20.2. The second-order valence-corrected chi connectivity index (χ2v) is 12.1. The van der Waals surface area contributed by atoms with Crippen LogP contribution < -0.4 is 4.90 Å². The molecule has 0 spiro atoms. The van der Waals surface area contributed by atoms with Crippen LogP contribution in [0.15, 0.2) is 121 Å². The average Bonchev–Trinajstić information content (AvgIpc) is 3.52. The lowest BCUT2D eigenvalue weighted by Gasteiger charge is -2.25. The first-order valence-corrected chi connectivity index (χ1v) is 14.6. The summed E-state index contributed by atoms with van der Waals surface area (Å²) in [5.74, 6) is 0. The van der Waals surface area contributed by atoms with Crippen LogP contribution in [0.1, 0.15) is 0 Å². The molecule has 1 nitrogen and oxygen atoms in total. The molecule has 0 amide bonds. The van der Waals surface area contributed by atoms with E-state index >= 15 is 0 Å². The first-order chi connectivity index (χ1) is 18.7. The summed E-state index contributed by atoms with van der Waals surface area (Å²) < 4.78 is 5.18. The second kappa shape index (κ2) is 8.57. The lowest BCUT2D eigenvalue weighted by atomic mass is 10.1. The van der Waals surface area contributed by atoms with E-state index in [1.807, 2.05) is 22.7 Å². The van der Waals surface area contributed by atoms with Gasteiger partial charge in [0, 0.05) is 73.2 Å². The molecule has 0 aliphatic rings. The smallest absolute Gasteiger partial charge is 0.0491 e. The van der Waals surface area contributed by atoms with E-state index in [1.54, 1.807) is 0 Å². The molecule has 2 heterocycles. The predicted octanol–water partition coefficient (Wildman–Crippen LogP) is 11.7. The maximum atomic E-state index is 6.78. The largest absolute Gasteiger partial charge is 0.310 e. The molecule has 8 rings (SSSR count).